The van der Waals surface area contributed by atoms with Gasteiger partial charge in [-0.05, 0) is 22.3 Å². The first-order valence-electron chi connectivity index (χ1n) is 7.59. The Morgan fingerprint density at radius 1 is 0.609 bits per heavy atom. The van der Waals surface area contributed by atoms with Gasteiger partial charge in [0, 0.05) is 5.56 Å². The molecule has 0 saturated carbocycles. The molecule has 0 saturated heterocycles. The summed E-state index contributed by atoms with van der Waals surface area (Å²) in [5, 5.41) is 0. The van der Waals surface area contributed by atoms with Crippen LogP contribution < -0.4 is 0 Å². The monoisotopic (exact) mass is 298 g/mol. The molecule has 0 spiro atoms. The van der Waals surface area contributed by atoms with Gasteiger partial charge in [0.15, 0.2) is 0 Å². The molecule has 1 aliphatic rings. The second kappa shape index (κ2) is 5.33. The van der Waals surface area contributed by atoms with E-state index in [0.29, 0.717) is 5.56 Å². The van der Waals surface area contributed by atoms with E-state index in [9.17, 15) is 9.59 Å². The quantitative estimate of drug-likeness (QED) is 0.663. The average Bonchev–Trinajstić information content (AvgIpc) is 2.88. The first-order valence-corrected chi connectivity index (χ1v) is 7.59. The maximum atomic E-state index is 12.6. The summed E-state index contributed by atoms with van der Waals surface area (Å²) in [7, 11) is 0. The van der Waals surface area contributed by atoms with Gasteiger partial charge >= 0.3 is 0 Å². The van der Waals surface area contributed by atoms with E-state index in [1.54, 1.807) is 6.07 Å². The van der Waals surface area contributed by atoms with Crippen molar-refractivity contribution in [2.24, 2.45) is 0 Å². The van der Waals surface area contributed by atoms with Crippen LogP contribution in [0.3, 0.4) is 0 Å². The van der Waals surface area contributed by atoms with Crippen LogP contribution in [0.15, 0.2) is 78.9 Å². The summed E-state index contributed by atoms with van der Waals surface area (Å²) in [6.45, 7) is 0. The molecule has 0 heterocycles. The van der Waals surface area contributed by atoms with Gasteiger partial charge in [0.05, 0.1) is 5.92 Å². The number of rotatable bonds is 2. The third-order valence-electron chi connectivity index (χ3n) is 4.34. The van der Waals surface area contributed by atoms with Crippen LogP contribution in [0.2, 0.25) is 0 Å². The van der Waals surface area contributed by atoms with E-state index < -0.39 is 5.92 Å². The summed E-state index contributed by atoms with van der Waals surface area (Å²) in [6, 6.07) is 25.0. The predicted molar refractivity (Wildman–Crippen MR) is 89.5 cm³/mol. The lowest BCUT2D eigenvalue weighted by Gasteiger charge is -2.15. The zero-order valence-electron chi connectivity index (χ0n) is 12.4. The fourth-order valence-electron chi connectivity index (χ4n) is 3.30. The summed E-state index contributed by atoms with van der Waals surface area (Å²) in [6.07, 6.45) is 0. The Kier molecular flexibility index (Phi) is 3.16. The smallest absolute Gasteiger partial charge is 0.229 e. The molecular weight excluding hydrogens is 284 g/mol. The summed E-state index contributed by atoms with van der Waals surface area (Å²) < 4.78 is 0. The number of ketones is 2. The summed E-state index contributed by atoms with van der Waals surface area (Å²) in [4.78, 5) is 25.0. The first kappa shape index (κ1) is 13.6. The Morgan fingerprint density at radius 2 is 1.22 bits per heavy atom. The van der Waals surface area contributed by atoms with Crippen LogP contribution in [0.25, 0.3) is 11.1 Å². The topological polar surface area (TPSA) is 34.1 Å². The molecule has 0 aliphatic heterocycles. The first-order chi connectivity index (χ1) is 11.3. The maximum absolute atomic E-state index is 12.6. The summed E-state index contributed by atoms with van der Waals surface area (Å²) in [5.41, 5.74) is 4.21. The summed E-state index contributed by atoms with van der Waals surface area (Å²) >= 11 is 0. The molecule has 0 bridgehead atoms. The second-order valence-corrected chi connectivity index (χ2v) is 5.67. The molecule has 3 aromatic carbocycles. The predicted octanol–water partition coefficient (Wildman–Crippen LogP) is 4.25. The molecule has 0 aromatic heterocycles. The highest BCUT2D eigenvalue weighted by atomic mass is 16.2. The number of hydrogen-bond acceptors (Lipinski definition) is 2. The van der Waals surface area contributed by atoms with Crippen molar-refractivity contribution in [1.29, 1.82) is 0 Å². The van der Waals surface area contributed by atoms with Crippen molar-refractivity contribution in [2.45, 2.75) is 5.92 Å². The minimum Gasteiger partial charge on any atom is -0.289 e. The number of carbonyl (C=O) groups is 2. The van der Waals surface area contributed by atoms with Crippen LogP contribution in [0.4, 0.5) is 0 Å². The summed E-state index contributed by atoms with van der Waals surface area (Å²) in [5.74, 6) is -1.23. The van der Waals surface area contributed by atoms with E-state index in [0.717, 1.165) is 22.3 Å². The normalized spacial score (nSPS) is 16.4. The van der Waals surface area contributed by atoms with Crippen molar-refractivity contribution in [3.63, 3.8) is 0 Å². The molecule has 1 atom stereocenters. The van der Waals surface area contributed by atoms with E-state index in [-0.39, 0.29) is 11.6 Å². The van der Waals surface area contributed by atoms with Crippen LogP contribution in [0.5, 0.6) is 0 Å². The Labute approximate surface area is 134 Å². The molecule has 2 nitrogen and oxygen atoms in total. The maximum Gasteiger partial charge on any atom is 0.229 e. The van der Waals surface area contributed by atoms with Crippen LogP contribution >= 0.6 is 0 Å². The van der Waals surface area contributed by atoms with Gasteiger partial charge in [0.1, 0.15) is 0 Å². The van der Waals surface area contributed by atoms with E-state index in [1.165, 1.54) is 0 Å². The van der Waals surface area contributed by atoms with Crippen molar-refractivity contribution in [3.8, 4) is 11.1 Å². The number of benzene rings is 3. The van der Waals surface area contributed by atoms with E-state index in [1.807, 2.05) is 72.8 Å². The lowest BCUT2D eigenvalue weighted by molar-refractivity contribution is -0.115. The lowest BCUT2D eigenvalue weighted by Crippen LogP contribution is -2.13. The van der Waals surface area contributed by atoms with E-state index >= 15 is 0 Å². The molecule has 0 amide bonds. The molecule has 23 heavy (non-hydrogen) atoms. The molecule has 0 fully saturated rings. The number of Topliss-reactive ketones (excluding diaryl/α,β-unsaturated/α-hetero) is 2. The third-order valence-corrected chi connectivity index (χ3v) is 4.34. The highest BCUT2D eigenvalue weighted by molar-refractivity contribution is 6.49. The minimum absolute atomic E-state index is 0.338. The van der Waals surface area contributed by atoms with Gasteiger partial charge in [-0.1, -0.05) is 78.9 Å². The molecule has 110 valence electrons. The highest BCUT2D eigenvalue weighted by Crippen LogP contribution is 2.41. The number of hydrogen-bond donors (Lipinski definition) is 0. The fraction of sp³-hybridized carbons (Fsp3) is 0.0476. The zero-order chi connectivity index (χ0) is 15.8. The van der Waals surface area contributed by atoms with Gasteiger partial charge < -0.3 is 0 Å². The van der Waals surface area contributed by atoms with Crippen LogP contribution in [-0.2, 0) is 4.79 Å². The molecule has 3 aromatic rings. The Morgan fingerprint density at radius 3 is 1.91 bits per heavy atom. The lowest BCUT2D eigenvalue weighted by atomic mass is 9.87. The van der Waals surface area contributed by atoms with Crippen molar-refractivity contribution < 1.29 is 9.59 Å². The Hall–Kier alpha value is -3.00. The molecule has 4 rings (SSSR count). The molecule has 1 unspecified atom stereocenters. The standard InChI is InChI=1S/C21H14O2/c22-20-17-13-7-12-16(14-8-3-1-4-9-14)19(17)18(21(20)23)15-10-5-2-6-11-15/h1-13,18H. The average molecular weight is 298 g/mol. The second-order valence-electron chi connectivity index (χ2n) is 5.67. The largest absolute Gasteiger partial charge is 0.289 e. The van der Waals surface area contributed by atoms with Crippen LogP contribution in [0.1, 0.15) is 27.4 Å². The van der Waals surface area contributed by atoms with E-state index in [2.05, 4.69) is 0 Å². The van der Waals surface area contributed by atoms with Gasteiger partial charge in [0.25, 0.3) is 0 Å². The number of carbonyl (C=O) groups excluding carboxylic acids is 2. The molecule has 1 aliphatic carbocycles. The molecule has 2 heteroatoms. The van der Waals surface area contributed by atoms with Crippen molar-refractivity contribution in [3.05, 3.63) is 95.6 Å². The van der Waals surface area contributed by atoms with Gasteiger partial charge in [-0.15, -0.1) is 0 Å². The Bertz CT molecular complexity index is 896. The van der Waals surface area contributed by atoms with Gasteiger partial charge in [-0.2, -0.15) is 0 Å². The van der Waals surface area contributed by atoms with Gasteiger partial charge in [-0.25, -0.2) is 0 Å². The Balaban J connectivity index is 1.99. The van der Waals surface area contributed by atoms with Crippen molar-refractivity contribution in [2.75, 3.05) is 0 Å². The SMILES string of the molecule is O=C1C(=O)C(c2ccccc2)c2c1cccc2-c1ccccc1. The third kappa shape index (κ3) is 2.11. The van der Waals surface area contributed by atoms with Crippen molar-refractivity contribution in [1.82, 2.24) is 0 Å². The van der Waals surface area contributed by atoms with E-state index in [4.69, 9.17) is 0 Å². The molecule has 0 N–H and O–H groups in total. The van der Waals surface area contributed by atoms with Crippen molar-refractivity contribution >= 4 is 11.6 Å². The molecular formula is C21H14O2. The molecule has 0 radical (unpaired) electrons. The number of fused-ring (bicyclic) bond motifs is 1. The zero-order valence-corrected chi connectivity index (χ0v) is 12.4. The highest BCUT2D eigenvalue weighted by Gasteiger charge is 2.40. The van der Waals surface area contributed by atoms with Crippen LogP contribution in [-0.4, -0.2) is 11.6 Å². The van der Waals surface area contributed by atoms with Gasteiger partial charge in [-0.3, -0.25) is 9.59 Å². The van der Waals surface area contributed by atoms with Crippen LogP contribution in [0, 0.1) is 0 Å². The van der Waals surface area contributed by atoms with Gasteiger partial charge in [0.2, 0.25) is 11.6 Å². The fourth-order valence-corrected chi connectivity index (χ4v) is 3.30. The minimum atomic E-state index is -0.505.